The van der Waals surface area contributed by atoms with Crippen LogP contribution in [0.2, 0.25) is 0 Å². The fourth-order valence-corrected chi connectivity index (χ4v) is 1.82. The van der Waals surface area contributed by atoms with E-state index in [4.69, 9.17) is 10.5 Å². The van der Waals surface area contributed by atoms with Gasteiger partial charge in [-0.15, -0.1) is 0 Å². The molecule has 1 atom stereocenters. The van der Waals surface area contributed by atoms with Crippen LogP contribution in [0.1, 0.15) is 44.2 Å². The van der Waals surface area contributed by atoms with E-state index in [1.165, 1.54) is 0 Å². The quantitative estimate of drug-likeness (QED) is 0.896. The maximum Gasteiger partial charge on any atom is 0.165 e. The molecule has 0 saturated heterocycles. The molecule has 1 aromatic heterocycles. The monoisotopic (exact) mass is 260 g/mol. The minimum atomic E-state index is 0.0399. The molecule has 0 aliphatic carbocycles. The van der Waals surface area contributed by atoms with Crippen LogP contribution in [0.5, 0.6) is 5.75 Å². The predicted molar refractivity (Wildman–Crippen MR) is 73.8 cm³/mol. The van der Waals surface area contributed by atoms with Crippen molar-refractivity contribution >= 4 is 0 Å². The Bertz CT molecular complexity index is 516. The molecule has 0 aliphatic heterocycles. The molecule has 2 N–H and O–H groups in total. The summed E-state index contributed by atoms with van der Waals surface area (Å²) in [5, 5.41) is 4.17. The number of hydrogen-bond donors (Lipinski definition) is 1. The van der Waals surface area contributed by atoms with E-state index in [1.54, 1.807) is 6.33 Å². The molecular weight excluding hydrogens is 240 g/mol. The van der Waals surface area contributed by atoms with E-state index in [1.807, 2.05) is 35.9 Å². The van der Waals surface area contributed by atoms with Gasteiger partial charge in [0.25, 0.3) is 0 Å². The molecule has 19 heavy (non-hydrogen) atoms. The Morgan fingerprint density at radius 1 is 1.21 bits per heavy atom. The van der Waals surface area contributed by atoms with E-state index in [9.17, 15) is 0 Å². The lowest BCUT2D eigenvalue weighted by molar-refractivity contribution is 0.282. The van der Waals surface area contributed by atoms with Gasteiger partial charge >= 0.3 is 0 Å². The second kappa shape index (κ2) is 5.84. The van der Waals surface area contributed by atoms with E-state index < -0.39 is 0 Å². The smallest absolute Gasteiger partial charge is 0.165 e. The molecule has 5 heteroatoms. The summed E-state index contributed by atoms with van der Waals surface area (Å²) >= 11 is 0. The van der Waals surface area contributed by atoms with Gasteiger partial charge in [0.05, 0.1) is 0 Å². The van der Waals surface area contributed by atoms with Crippen molar-refractivity contribution in [3.63, 3.8) is 0 Å². The molecule has 1 aromatic carbocycles. The number of aromatic nitrogens is 3. The van der Waals surface area contributed by atoms with Gasteiger partial charge in [0.2, 0.25) is 0 Å². The fourth-order valence-electron chi connectivity index (χ4n) is 1.82. The lowest BCUT2D eigenvalue weighted by Crippen LogP contribution is -2.10. The number of nitrogens with zero attached hydrogens (tertiary/aromatic N) is 3. The molecule has 5 nitrogen and oxygen atoms in total. The Labute approximate surface area is 113 Å². The van der Waals surface area contributed by atoms with Gasteiger partial charge in [-0.1, -0.05) is 12.1 Å². The zero-order chi connectivity index (χ0) is 13.8. The van der Waals surface area contributed by atoms with E-state index >= 15 is 0 Å². The Hall–Kier alpha value is -1.88. The standard InChI is InChI=1S/C14H20N4O/c1-10(2)18-14(16-9-17-18)8-19-13-6-4-12(5-7-13)11(3)15/h4-7,9-11H,8,15H2,1-3H3/t11-/m0/s1. The second-order valence-corrected chi connectivity index (χ2v) is 4.86. The summed E-state index contributed by atoms with van der Waals surface area (Å²) in [5.74, 6) is 1.63. The van der Waals surface area contributed by atoms with Crippen molar-refractivity contribution in [2.24, 2.45) is 5.73 Å². The number of benzene rings is 1. The minimum absolute atomic E-state index is 0.0399. The van der Waals surface area contributed by atoms with E-state index in [0.29, 0.717) is 6.61 Å². The predicted octanol–water partition coefficient (Wildman–Crippen LogP) is 2.46. The fraction of sp³-hybridized carbons (Fsp3) is 0.429. The Morgan fingerprint density at radius 3 is 2.47 bits per heavy atom. The summed E-state index contributed by atoms with van der Waals surface area (Å²) in [4.78, 5) is 4.21. The molecule has 1 heterocycles. The molecule has 102 valence electrons. The van der Waals surface area contributed by atoms with Gasteiger partial charge in [-0.05, 0) is 38.5 Å². The summed E-state index contributed by atoms with van der Waals surface area (Å²) in [5.41, 5.74) is 6.90. The highest BCUT2D eigenvalue weighted by Gasteiger charge is 2.08. The highest BCUT2D eigenvalue weighted by atomic mass is 16.5. The molecule has 2 aromatic rings. The van der Waals surface area contributed by atoms with Crippen LogP contribution in [0.4, 0.5) is 0 Å². The van der Waals surface area contributed by atoms with Crippen molar-refractivity contribution in [1.82, 2.24) is 14.8 Å². The van der Waals surface area contributed by atoms with Crippen molar-refractivity contribution < 1.29 is 4.74 Å². The summed E-state index contributed by atoms with van der Waals surface area (Å²) in [6, 6.07) is 8.13. The summed E-state index contributed by atoms with van der Waals surface area (Å²) in [6.45, 7) is 6.50. The molecule has 0 unspecified atom stereocenters. The lowest BCUT2D eigenvalue weighted by atomic mass is 10.1. The maximum atomic E-state index is 5.81. The molecule has 0 amide bonds. The first kappa shape index (κ1) is 13.5. The number of nitrogens with two attached hydrogens (primary N) is 1. The summed E-state index contributed by atoms with van der Waals surface area (Å²) in [6.07, 6.45) is 1.55. The van der Waals surface area contributed by atoms with Gasteiger partial charge in [-0.3, -0.25) is 0 Å². The zero-order valence-electron chi connectivity index (χ0n) is 11.6. The number of ether oxygens (including phenoxy) is 1. The third-order valence-corrected chi connectivity index (χ3v) is 2.91. The average Bonchev–Trinajstić information content (AvgIpc) is 2.85. The second-order valence-electron chi connectivity index (χ2n) is 4.86. The van der Waals surface area contributed by atoms with Crippen LogP contribution < -0.4 is 10.5 Å². The van der Waals surface area contributed by atoms with Crippen molar-refractivity contribution in [3.05, 3.63) is 42.0 Å². The van der Waals surface area contributed by atoms with Gasteiger partial charge in [-0.2, -0.15) is 5.10 Å². The largest absolute Gasteiger partial charge is 0.486 e. The topological polar surface area (TPSA) is 66.0 Å². The summed E-state index contributed by atoms with van der Waals surface area (Å²) < 4.78 is 7.57. The van der Waals surface area contributed by atoms with Crippen LogP contribution in [-0.2, 0) is 6.61 Å². The normalized spacial score (nSPS) is 12.7. The number of hydrogen-bond acceptors (Lipinski definition) is 4. The van der Waals surface area contributed by atoms with Crippen LogP contribution in [0, 0.1) is 0 Å². The van der Waals surface area contributed by atoms with Gasteiger partial charge in [0.15, 0.2) is 5.82 Å². The maximum absolute atomic E-state index is 5.81. The van der Waals surface area contributed by atoms with Gasteiger partial charge in [-0.25, -0.2) is 9.67 Å². The van der Waals surface area contributed by atoms with Crippen LogP contribution >= 0.6 is 0 Å². The molecule has 0 saturated carbocycles. The molecule has 2 rings (SSSR count). The highest BCUT2D eigenvalue weighted by Crippen LogP contribution is 2.17. The Morgan fingerprint density at radius 2 is 1.89 bits per heavy atom. The average molecular weight is 260 g/mol. The Kier molecular flexibility index (Phi) is 4.16. The van der Waals surface area contributed by atoms with Crippen molar-refractivity contribution in [2.45, 2.75) is 39.5 Å². The first-order valence-corrected chi connectivity index (χ1v) is 6.44. The molecular formula is C14H20N4O. The van der Waals surface area contributed by atoms with Gasteiger partial charge in [0, 0.05) is 12.1 Å². The van der Waals surface area contributed by atoms with Crippen LogP contribution in [-0.4, -0.2) is 14.8 Å². The first-order valence-electron chi connectivity index (χ1n) is 6.44. The third-order valence-electron chi connectivity index (χ3n) is 2.91. The zero-order valence-corrected chi connectivity index (χ0v) is 11.6. The van der Waals surface area contributed by atoms with Crippen LogP contribution in [0.25, 0.3) is 0 Å². The number of rotatable bonds is 5. The summed E-state index contributed by atoms with van der Waals surface area (Å²) in [7, 11) is 0. The molecule has 0 spiro atoms. The molecule has 0 bridgehead atoms. The lowest BCUT2D eigenvalue weighted by Gasteiger charge is -2.11. The SMILES string of the molecule is CC(C)n1ncnc1COc1ccc([C@H](C)N)cc1. The highest BCUT2D eigenvalue weighted by molar-refractivity contribution is 5.28. The van der Waals surface area contributed by atoms with Crippen LogP contribution in [0.15, 0.2) is 30.6 Å². The van der Waals surface area contributed by atoms with Crippen molar-refractivity contribution in [1.29, 1.82) is 0 Å². The first-order chi connectivity index (χ1) is 9.08. The Balaban J connectivity index is 2.00. The van der Waals surface area contributed by atoms with Gasteiger partial charge < -0.3 is 10.5 Å². The van der Waals surface area contributed by atoms with Crippen molar-refractivity contribution in [3.8, 4) is 5.75 Å². The molecule has 0 radical (unpaired) electrons. The van der Waals surface area contributed by atoms with E-state index in [-0.39, 0.29) is 12.1 Å². The van der Waals surface area contributed by atoms with E-state index in [2.05, 4.69) is 23.9 Å². The molecule has 0 aliphatic rings. The van der Waals surface area contributed by atoms with Gasteiger partial charge in [0.1, 0.15) is 18.7 Å². The van der Waals surface area contributed by atoms with Crippen molar-refractivity contribution in [2.75, 3.05) is 0 Å². The van der Waals surface area contributed by atoms with E-state index in [0.717, 1.165) is 17.1 Å². The molecule has 0 fully saturated rings. The van der Waals surface area contributed by atoms with Crippen LogP contribution in [0.3, 0.4) is 0 Å². The minimum Gasteiger partial charge on any atom is -0.486 e. The third kappa shape index (κ3) is 3.32.